The average Bonchev–Trinajstić information content (AvgIpc) is 3.17. The molecule has 1 aromatic carbocycles. The first kappa shape index (κ1) is 24.8. The van der Waals surface area contributed by atoms with Gasteiger partial charge in [0.2, 0.25) is 0 Å². The van der Waals surface area contributed by atoms with Gasteiger partial charge >= 0.3 is 0 Å². The van der Waals surface area contributed by atoms with Gasteiger partial charge in [-0.2, -0.15) is 0 Å². The lowest BCUT2D eigenvalue weighted by molar-refractivity contribution is 0.0536. The summed E-state index contributed by atoms with van der Waals surface area (Å²) in [5, 5.41) is 3.46. The van der Waals surface area contributed by atoms with Gasteiger partial charge in [-0.1, -0.05) is 0 Å². The second-order valence-corrected chi connectivity index (χ2v) is 6.57. The molecule has 0 bridgehead atoms. The van der Waals surface area contributed by atoms with Crippen LogP contribution in [0.15, 0.2) is 23.2 Å². The minimum Gasteiger partial charge on any atom is -0.497 e. The first-order valence-corrected chi connectivity index (χ1v) is 9.45. The summed E-state index contributed by atoms with van der Waals surface area (Å²) in [6, 6.07) is 5.87. The summed E-state index contributed by atoms with van der Waals surface area (Å²) in [5.74, 6) is 3.20. The topological polar surface area (TPSA) is 64.6 Å². The van der Waals surface area contributed by atoms with E-state index in [-0.39, 0.29) is 24.0 Å². The summed E-state index contributed by atoms with van der Waals surface area (Å²) in [4.78, 5) is 6.74. The minimum atomic E-state index is 0. The third-order valence-corrected chi connectivity index (χ3v) is 4.75. The average molecular weight is 507 g/mol. The molecule has 0 radical (unpaired) electrons. The fourth-order valence-electron chi connectivity index (χ4n) is 3.27. The van der Waals surface area contributed by atoms with Gasteiger partial charge in [-0.15, -0.1) is 24.0 Å². The maximum absolute atomic E-state index is 5.67. The Labute approximate surface area is 185 Å². The van der Waals surface area contributed by atoms with Crippen LogP contribution < -0.4 is 14.8 Å². The maximum Gasteiger partial charge on any atom is 0.193 e. The molecule has 0 spiro atoms. The zero-order valence-corrected chi connectivity index (χ0v) is 19.7. The van der Waals surface area contributed by atoms with Gasteiger partial charge < -0.3 is 29.2 Å². The number of hydrogen-bond donors (Lipinski definition) is 1. The van der Waals surface area contributed by atoms with Crippen molar-refractivity contribution in [2.75, 3.05) is 67.8 Å². The Morgan fingerprint density at radius 2 is 2.04 bits per heavy atom. The van der Waals surface area contributed by atoms with Gasteiger partial charge in [0.05, 0.1) is 34.0 Å². The Balaban J connectivity index is 0.00000392. The van der Waals surface area contributed by atoms with Crippen LogP contribution in [0.2, 0.25) is 0 Å². The zero-order valence-electron chi connectivity index (χ0n) is 17.4. The predicted octanol–water partition coefficient (Wildman–Crippen LogP) is 2.42. The lowest BCUT2D eigenvalue weighted by Crippen LogP contribution is -2.41. The Morgan fingerprint density at radius 3 is 2.71 bits per heavy atom. The third kappa shape index (κ3) is 7.63. The molecule has 1 aliphatic heterocycles. The molecule has 1 saturated heterocycles. The van der Waals surface area contributed by atoms with E-state index in [0.717, 1.165) is 62.1 Å². The van der Waals surface area contributed by atoms with Gasteiger partial charge in [0, 0.05) is 39.7 Å². The maximum atomic E-state index is 5.67. The number of rotatable bonds is 10. The molecule has 28 heavy (non-hydrogen) atoms. The van der Waals surface area contributed by atoms with Gasteiger partial charge in [0.1, 0.15) is 11.5 Å². The van der Waals surface area contributed by atoms with Crippen LogP contribution >= 0.6 is 24.0 Å². The van der Waals surface area contributed by atoms with E-state index in [0.29, 0.717) is 19.1 Å². The molecule has 1 N–H and O–H groups in total. The van der Waals surface area contributed by atoms with Crippen LogP contribution in [-0.2, 0) is 15.9 Å². The third-order valence-electron chi connectivity index (χ3n) is 4.75. The smallest absolute Gasteiger partial charge is 0.193 e. The number of benzene rings is 1. The molecular formula is C20H34IN3O4. The molecule has 1 aromatic rings. The molecular weight excluding hydrogens is 473 g/mol. The summed E-state index contributed by atoms with van der Waals surface area (Å²) in [6.07, 6.45) is 1.95. The molecule has 0 aromatic heterocycles. The number of nitrogens with one attached hydrogen (secondary N) is 1. The van der Waals surface area contributed by atoms with Crippen molar-refractivity contribution in [3.05, 3.63) is 23.8 Å². The summed E-state index contributed by atoms with van der Waals surface area (Å²) in [7, 11) is 6.89. The van der Waals surface area contributed by atoms with E-state index in [1.54, 1.807) is 21.3 Å². The largest absolute Gasteiger partial charge is 0.497 e. The molecule has 1 aliphatic rings. The molecule has 1 unspecified atom stereocenters. The van der Waals surface area contributed by atoms with E-state index in [9.17, 15) is 0 Å². The van der Waals surface area contributed by atoms with E-state index in [1.165, 1.54) is 0 Å². The van der Waals surface area contributed by atoms with Crippen molar-refractivity contribution in [3.8, 4) is 11.5 Å². The molecule has 1 heterocycles. The van der Waals surface area contributed by atoms with E-state index < -0.39 is 0 Å². The Hall–Kier alpha value is -1.26. The molecule has 7 nitrogen and oxygen atoms in total. The van der Waals surface area contributed by atoms with E-state index >= 15 is 0 Å². The highest BCUT2D eigenvalue weighted by atomic mass is 127. The number of ether oxygens (including phenoxy) is 4. The van der Waals surface area contributed by atoms with Crippen LogP contribution in [0.25, 0.3) is 0 Å². The molecule has 0 saturated carbocycles. The molecule has 0 amide bonds. The highest BCUT2D eigenvalue weighted by Crippen LogP contribution is 2.24. The Kier molecular flexibility index (Phi) is 12.2. The Bertz CT molecular complexity index is 601. The standard InChI is InChI=1S/C20H33N3O4.HI/c1-21-20(23-10-8-16(14-23)15-27-12-11-24-2)22-9-7-17-13-18(25-3)5-6-19(17)26-4;/h5-6,13,16H,7-12,14-15H2,1-4H3,(H,21,22);1H. The summed E-state index contributed by atoms with van der Waals surface area (Å²) >= 11 is 0. The second-order valence-electron chi connectivity index (χ2n) is 6.57. The van der Waals surface area contributed by atoms with Crippen molar-refractivity contribution in [2.45, 2.75) is 12.8 Å². The van der Waals surface area contributed by atoms with Crippen LogP contribution in [0.3, 0.4) is 0 Å². The first-order chi connectivity index (χ1) is 13.2. The lowest BCUT2D eigenvalue weighted by Gasteiger charge is -2.22. The number of halogens is 1. The van der Waals surface area contributed by atoms with Crippen LogP contribution in [0, 0.1) is 5.92 Å². The zero-order chi connectivity index (χ0) is 19.5. The van der Waals surface area contributed by atoms with E-state index in [4.69, 9.17) is 18.9 Å². The summed E-state index contributed by atoms with van der Waals surface area (Å²) in [6.45, 7) is 4.82. The van der Waals surface area contributed by atoms with Crippen LogP contribution in [-0.4, -0.2) is 78.7 Å². The monoisotopic (exact) mass is 507 g/mol. The second kappa shape index (κ2) is 13.8. The van der Waals surface area contributed by atoms with E-state index in [1.807, 2.05) is 25.2 Å². The summed E-state index contributed by atoms with van der Waals surface area (Å²) < 4.78 is 21.4. The molecule has 1 fully saturated rings. The van der Waals surface area contributed by atoms with Gasteiger partial charge in [-0.05, 0) is 36.6 Å². The van der Waals surface area contributed by atoms with Crippen molar-refractivity contribution < 1.29 is 18.9 Å². The molecule has 160 valence electrons. The quantitative estimate of drug-likeness (QED) is 0.227. The van der Waals surface area contributed by atoms with Crippen LogP contribution in [0.1, 0.15) is 12.0 Å². The van der Waals surface area contributed by atoms with Gasteiger partial charge in [-0.3, -0.25) is 4.99 Å². The predicted molar refractivity (Wildman–Crippen MR) is 122 cm³/mol. The highest BCUT2D eigenvalue weighted by Gasteiger charge is 2.24. The minimum absolute atomic E-state index is 0. The van der Waals surface area contributed by atoms with Gasteiger partial charge in [0.25, 0.3) is 0 Å². The molecule has 8 heteroatoms. The number of guanidine groups is 1. The molecule has 2 rings (SSSR count). The van der Waals surface area contributed by atoms with Crippen LogP contribution in [0.5, 0.6) is 11.5 Å². The van der Waals surface area contributed by atoms with Crippen molar-refractivity contribution >= 4 is 29.9 Å². The highest BCUT2D eigenvalue weighted by molar-refractivity contribution is 14.0. The fourth-order valence-corrected chi connectivity index (χ4v) is 3.27. The SMILES string of the molecule is CN=C(NCCc1cc(OC)ccc1OC)N1CCC(COCCOC)C1.I. The van der Waals surface area contributed by atoms with Crippen molar-refractivity contribution in [1.82, 2.24) is 10.2 Å². The number of nitrogens with zero attached hydrogens (tertiary/aromatic N) is 2. The van der Waals surface area contributed by atoms with E-state index in [2.05, 4.69) is 15.2 Å². The van der Waals surface area contributed by atoms with Crippen molar-refractivity contribution in [1.29, 1.82) is 0 Å². The van der Waals surface area contributed by atoms with Crippen LogP contribution in [0.4, 0.5) is 0 Å². The number of aliphatic imine (C=N–C) groups is 1. The number of hydrogen-bond acceptors (Lipinski definition) is 5. The van der Waals surface area contributed by atoms with Gasteiger partial charge in [-0.25, -0.2) is 0 Å². The number of methoxy groups -OCH3 is 3. The Morgan fingerprint density at radius 1 is 1.21 bits per heavy atom. The summed E-state index contributed by atoms with van der Waals surface area (Å²) in [5.41, 5.74) is 1.12. The normalized spacial score (nSPS) is 16.6. The number of likely N-dealkylation sites (tertiary alicyclic amines) is 1. The van der Waals surface area contributed by atoms with Gasteiger partial charge in [0.15, 0.2) is 5.96 Å². The first-order valence-electron chi connectivity index (χ1n) is 9.45. The molecule has 0 aliphatic carbocycles. The van der Waals surface area contributed by atoms with Crippen molar-refractivity contribution in [2.24, 2.45) is 10.9 Å². The molecule has 1 atom stereocenters. The fraction of sp³-hybridized carbons (Fsp3) is 0.650. The van der Waals surface area contributed by atoms with Crippen molar-refractivity contribution in [3.63, 3.8) is 0 Å². The lowest BCUT2D eigenvalue weighted by atomic mass is 10.1.